The lowest BCUT2D eigenvalue weighted by molar-refractivity contribution is 0.593. The number of aromatic nitrogens is 2. The molecule has 1 heterocycles. The third kappa shape index (κ3) is 2.64. The van der Waals surface area contributed by atoms with E-state index in [1.165, 1.54) is 23.7 Å². The van der Waals surface area contributed by atoms with Gasteiger partial charge >= 0.3 is 0 Å². The molecule has 0 spiro atoms. The highest BCUT2D eigenvalue weighted by Crippen LogP contribution is 2.20. The van der Waals surface area contributed by atoms with Crippen molar-refractivity contribution in [3.8, 4) is 0 Å². The molecule has 0 aliphatic carbocycles. The zero-order valence-electron chi connectivity index (χ0n) is 10.2. The van der Waals surface area contributed by atoms with E-state index in [4.69, 9.17) is 5.84 Å². The summed E-state index contributed by atoms with van der Waals surface area (Å²) in [6.45, 7) is 0. The molecule has 1 aromatic carbocycles. The first kappa shape index (κ1) is 13.2. The minimum Gasteiger partial charge on any atom is -0.292 e. The zero-order chi connectivity index (χ0) is 13.9. The first-order valence-electron chi connectivity index (χ1n) is 5.38. The average Bonchev–Trinajstić information content (AvgIpc) is 2.47. The summed E-state index contributed by atoms with van der Waals surface area (Å²) in [6, 6.07) is 8.75. The molecular formula is C11H13N5O2S. The van der Waals surface area contributed by atoms with Crippen LogP contribution in [-0.4, -0.2) is 25.4 Å². The summed E-state index contributed by atoms with van der Waals surface area (Å²) in [7, 11) is -2.21. The van der Waals surface area contributed by atoms with Crippen molar-refractivity contribution >= 4 is 21.7 Å². The third-order valence-electron chi connectivity index (χ3n) is 2.54. The fraction of sp³-hybridized carbons (Fsp3) is 0.0909. The lowest BCUT2D eigenvalue weighted by atomic mass is 10.3. The van der Waals surface area contributed by atoms with Gasteiger partial charge in [0.2, 0.25) is 5.95 Å². The van der Waals surface area contributed by atoms with Crippen molar-refractivity contribution in [1.29, 1.82) is 0 Å². The normalized spacial score (nSPS) is 11.1. The molecule has 0 saturated carbocycles. The predicted molar refractivity (Wildman–Crippen MR) is 71.9 cm³/mol. The topological polar surface area (TPSA) is 101 Å². The molecule has 0 radical (unpaired) electrons. The van der Waals surface area contributed by atoms with Gasteiger partial charge in [0, 0.05) is 7.05 Å². The second kappa shape index (κ2) is 5.21. The van der Waals surface area contributed by atoms with Crippen LogP contribution in [0.5, 0.6) is 0 Å². The molecule has 0 saturated heterocycles. The van der Waals surface area contributed by atoms with Crippen molar-refractivity contribution in [1.82, 2.24) is 9.97 Å². The first-order chi connectivity index (χ1) is 9.05. The number of hydrogen-bond donors (Lipinski definition) is 2. The number of rotatable bonds is 4. The van der Waals surface area contributed by atoms with Gasteiger partial charge in [0.1, 0.15) is 4.90 Å². The van der Waals surface area contributed by atoms with Gasteiger partial charge in [0.15, 0.2) is 0 Å². The smallest absolute Gasteiger partial charge is 0.267 e. The van der Waals surface area contributed by atoms with Crippen LogP contribution in [-0.2, 0) is 10.0 Å². The number of nitrogens with zero attached hydrogens (tertiary/aromatic N) is 3. The number of sulfonamides is 1. The maximum Gasteiger partial charge on any atom is 0.267 e. The Morgan fingerprint density at radius 2 is 1.74 bits per heavy atom. The number of nitrogens with two attached hydrogens (primary N) is 1. The van der Waals surface area contributed by atoms with E-state index in [1.807, 2.05) is 6.07 Å². The minimum absolute atomic E-state index is 0.00199. The van der Waals surface area contributed by atoms with Crippen molar-refractivity contribution in [2.75, 3.05) is 16.8 Å². The average molecular weight is 279 g/mol. The van der Waals surface area contributed by atoms with Gasteiger partial charge in [0.25, 0.3) is 10.0 Å². The molecule has 2 rings (SSSR count). The Hall–Kier alpha value is -2.19. The highest BCUT2D eigenvalue weighted by atomic mass is 32.2. The van der Waals surface area contributed by atoms with E-state index in [2.05, 4.69) is 15.4 Å². The summed E-state index contributed by atoms with van der Waals surface area (Å²) in [4.78, 5) is 7.57. The highest BCUT2D eigenvalue weighted by Gasteiger charge is 2.21. The van der Waals surface area contributed by atoms with E-state index in [9.17, 15) is 8.42 Å². The molecule has 8 heteroatoms. The van der Waals surface area contributed by atoms with Crippen molar-refractivity contribution in [2.45, 2.75) is 4.90 Å². The van der Waals surface area contributed by atoms with E-state index in [1.54, 1.807) is 24.3 Å². The summed E-state index contributed by atoms with van der Waals surface area (Å²) >= 11 is 0. The number of hydrogen-bond acceptors (Lipinski definition) is 6. The molecule has 0 unspecified atom stereocenters. The Balaban J connectivity index is 2.36. The van der Waals surface area contributed by atoms with Crippen LogP contribution in [0.15, 0.2) is 47.6 Å². The molecule has 0 aliphatic rings. The first-order valence-corrected chi connectivity index (χ1v) is 6.82. The van der Waals surface area contributed by atoms with Gasteiger partial charge in [-0.3, -0.25) is 9.73 Å². The number of anilines is 2. The summed E-state index contributed by atoms with van der Waals surface area (Å²) in [5, 5.41) is 0. The third-order valence-corrected chi connectivity index (χ3v) is 4.27. The monoisotopic (exact) mass is 279 g/mol. The summed E-state index contributed by atoms with van der Waals surface area (Å²) < 4.78 is 25.8. The molecule has 0 bridgehead atoms. The molecule has 1 aromatic heterocycles. The van der Waals surface area contributed by atoms with Crippen LogP contribution in [0, 0.1) is 0 Å². The zero-order valence-corrected chi connectivity index (χ0v) is 11.0. The van der Waals surface area contributed by atoms with Crippen LogP contribution in [0.4, 0.5) is 11.6 Å². The number of para-hydroxylation sites is 1. The van der Waals surface area contributed by atoms with Crippen molar-refractivity contribution in [3.63, 3.8) is 0 Å². The Morgan fingerprint density at radius 1 is 1.16 bits per heavy atom. The standard InChI is InChI=1S/C11H13N5O2S/c1-16(9-5-3-2-4-6-9)19(17,18)10-7-13-11(15-12)14-8-10/h2-8H,12H2,1H3,(H,13,14,15). The fourth-order valence-corrected chi connectivity index (χ4v) is 2.55. The largest absolute Gasteiger partial charge is 0.292 e. The number of benzene rings is 1. The second-order valence-corrected chi connectivity index (χ2v) is 5.66. The molecular weight excluding hydrogens is 266 g/mol. The molecule has 100 valence electrons. The van der Waals surface area contributed by atoms with Crippen LogP contribution in [0.25, 0.3) is 0 Å². The van der Waals surface area contributed by atoms with Gasteiger partial charge in [0.05, 0.1) is 18.1 Å². The molecule has 0 amide bonds. The van der Waals surface area contributed by atoms with Crippen molar-refractivity contribution in [2.24, 2.45) is 5.84 Å². The molecule has 0 aliphatic heterocycles. The fourth-order valence-electron chi connectivity index (χ4n) is 1.46. The molecule has 3 N–H and O–H groups in total. The maximum atomic E-state index is 12.3. The SMILES string of the molecule is CN(c1ccccc1)S(=O)(=O)c1cnc(NN)nc1. The van der Waals surface area contributed by atoms with Gasteiger partial charge < -0.3 is 0 Å². The lowest BCUT2D eigenvalue weighted by Gasteiger charge is -2.18. The number of nitrogens with one attached hydrogen (secondary N) is 1. The van der Waals surface area contributed by atoms with Crippen molar-refractivity contribution < 1.29 is 8.42 Å². The van der Waals surface area contributed by atoms with Gasteiger partial charge in [-0.05, 0) is 12.1 Å². The van der Waals surface area contributed by atoms with Gasteiger partial charge in [-0.2, -0.15) is 0 Å². The predicted octanol–water partition coefficient (Wildman–Crippen LogP) is 0.587. The van der Waals surface area contributed by atoms with Gasteiger partial charge in [-0.15, -0.1) is 0 Å². The highest BCUT2D eigenvalue weighted by molar-refractivity contribution is 7.92. The van der Waals surface area contributed by atoms with E-state index < -0.39 is 10.0 Å². The van der Waals surface area contributed by atoms with E-state index in [-0.39, 0.29) is 10.8 Å². The Labute approximate surface area is 111 Å². The number of nitrogen functional groups attached to an aromatic ring is 1. The summed E-state index contributed by atoms with van der Waals surface area (Å²) in [5.41, 5.74) is 2.79. The summed E-state index contributed by atoms with van der Waals surface area (Å²) in [6.07, 6.45) is 2.41. The minimum atomic E-state index is -3.68. The second-order valence-electron chi connectivity index (χ2n) is 3.69. The lowest BCUT2D eigenvalue weighted by Crippen LogP contribution is -2.26. The summed E-state index contributed by atoms with van der Waals surface area (Å²) in [5.74, 6) is 5.28. The van der Waals surface area contributed by atoms with Crippen LogP contribution in [0.2, 0.25) is 0 Å². The quantitative estimate of drug-likeness (QED) is 0.627. The van der Waals surface area contributed by atoms with Gasteiger partial charge in [-0.1, -0.05) is 18.2 Å². The van der Waals surface area contributed by atoms with Crippen LogP contribution < -0.4 is 15.6 Å². The molecule has 0 atom stereocenters. The van der Waals surface area contributed by atoms with Gasteiger partial charge in [-0.25, -0.2) is 24.2 Å². The molecule has 19 heavy (non-hydrogen) atoms. The van der Waals surface area contributed by atoms with E-state index >= 15 is 0 Å². The number of hydrazine groups is 1. The van der Waals surface area contributed by atoms with Crippen LogP contribution in [0.3, 0.4) is 0 Å². The molecule has 0 fully saturated rings. The van der Waals surface area contributed by atoms with Crippen LogP contribution >= 0.6 is 0 Å². The van der Waals surface area contributed by atoms with E-state index in [0.29, 0.717) is 5.69 Å². The molecule has 7 nitrogen and oxygen atoms in total. The van der Waals surface area contributed by atoms with Crippen LogP contribution in [0.1, 0.15) is 0 Å². The maximum absolute atomic E-state index is 12.3. The Kier molecular flexibility index (Phi) is 3.63. The Morgan fingerprint density at radius 3 is 2.26 bits per heavy atom. The van der Waals surface area contributed by atoms with Crippen molar-refractivity contribution in [3.05, 3.63) is 42.7 Å². The van der Waals surface area contributed by atoms with E-state index in [0.717, 1.165) is 0 Å². The molecule has 2 aromatic rings. The Bertz CT molecular complexity index is 643.